The van der Waals surface area contributed by atoms with Crippen LogP contribution in [0.3, 0.4) is 0 Å². The Morgan fingerprint density at radius 1 is 1.03 bits per heavy atom. The van der Waals surface area contributed by atoms with Crippen LogP contribution in [0.4, 0.5) is 5.69 Å². The number of unbranched alkanes of at least 4 members (excludes halogenated alkanes) is 2. The molecule has 0 spiro atoms. The Morgan fingerprint density at radius 2 is 1.88 bits per heavy atom. The van der Waals surface area contributed by atoms with Crippen molar-refractivity contribution in [1.29, 1.82) is 0 Å². The topological polar surface area (TPSA) is 45.5 Å². The van der Waals surface area contributed by atoms with Gasteiger partial charge in [0.1, 0.15) is 11.5 Å². The summed E-state index contributed by atoms with van der Waals surface area (Å²) in [6.07, 6.45) is 16.4. The van der Waals surface area contributed by atoms with Gasteiger partial charge >= 0.3 is 0 Å². The molecule has 1 saturated heterocycles. The van der Waals surface area contributed by atoms with Gasteiger partial charge in [0, 0.05) is 29.8 Å². The number of fused-ring (bicyclic) bond motifs is 2. The highest BCUT2D eigenvalue weighted by molar-refractivity contribution is 6.34. The molecule has 5 rings (SSSR count). The summed E-state index contributed by atoms with van der Waals surface area (Å²) in [6, 6.07) is 6.48. The quantitative estimate of drug-likeness (QED) is 0.376. The Labute approximate surface area is 198 Å². The van der Waals surface area contributed by atoms with Gasteiger partial charge in [-0.3, -0.25) is 4.79 Å². The number of likely N-dealkylation sites (tertiary alicyclic amines) is 1. The molecule has 2 aromatic rings. The van der Waals surface area contributed by atoms with E-state index in [1.54, 1.807) is 0 Å². The summed E-state index contributed by atoms with van der Waals surface area (Å²) in [4.78, 5) is 15.5. The van der Waals surface area contributed by atoms with Crippen molar-refractivity contribution >= 4 is 23.2 Å². The molecular weight excluding hydrogens is 408 g/mol. The number of benzene rings is 1. The Balaban J connectivity index is 1.41. The van der Waals surface area contributed by atoms with Gasteiger partial charge in [-0.25, -0.2) is 0 Å². The van der Waals surface area contributed by atoms with E-state index in [9.17, 15) is 4.79 Å². The number of nitrogens with one attached hydrogen (secondary N) is 1. The number of furan rings is 1. The molecule has 4 heteroatoms. The zero-order valence-electron chi connectivity index (χ0n) is 20.2. The lowest BCUT2D eigenvalue weighted by Gasteiger charge is -2.26. The zero-order valence-corrected chi connectivity index (χ0v) is 20.2. The molecule has 4 nitrogen and oxygen atoms in total. The molecule has 33 heavy (non-hydrogen) atoms. The van der Waals surface area contributed by atoms with E-state index in [4.69, 9.17) is 4.42 Å². The molecule has 1 aliphatic carbocycles. The number of piperidine rings is 1. The van der Waals surface area contributed by atoms with Crippen LogP contribution in [0.5, 0.6) is 0 Å². The van der Waals surface area contributed by atoms with Gasteiger partial charge in [-0.05, 0) is 93.8 Å². The van der Waals surface area contributed by atoms with Crippen LogP contribution < -0.4 is 5.32 Å². The van der Waals surface area contributed by atoms with Gasteiger partial charge in [0.05, 0.1) is 5.57 Å². The first-order chi connectivity index (χ1) is 16.2. The Kier molecular flexibility index (Phi) is 7.01. The van der Waals surface area contributed by atoms with Crippen molar-refractivity contribution < 1.29 is 9.21 Å². The van der Waals surface area contributed by atoms with E-state index in [1.165, 1.54) is 81.1 Å². The molecule has 0 saturated carbocycles. The number of rotatable bonds is 8. The third-order valence-corrected chi connectivity index (χ3v) is 7.65. The molecule has 2 aliphatic heterocycles. The van der Waals surface area contributed by atoms with Crippen LogP contribution >= 0.6 is 0 Å². The SMILES string of the molecule is CCCCCc1c(C=C2C(=O)Nc3ccc(CCN4CCCCC4)cc32)oc2c1CCCC2. The first-order valence-electron chi connectivity index (χ1n) is 13.2. The molecule has 1 aromatic heterocycles. The molecule has 1 N–H and O–H groups in total. The fourth-order valence-electron chi connectivity index (χ4n) is 5.73. The van der Waals surface area contributed by atoms with Crippen LogP contribution in [0, 0.1) is 0 Å². The second-order valence-corrected chi connectivity index (χ2v) is 10.1. The van der Waals surface area contributed by atoms with Crippen LogP contribution in [-0.2, 0) is 30.5 Å². The average Bonchev–Trinajstić information content (AvgIpc) is 3.35. The van der Waals surface area contributed by atoms with Gasteiger partial charge < -0.3 is 14.6 Å². The third kappa shape index (κ3) is 4.96. The molecule has 176 valence electrons. The minimum absolute atomic E-state index is 0.00735. The number of hydrogen-bond acceptors (Lipinski definition) is 3. The molecule has 3 aliphatic rings. The highest BCUT2D eigenvalue weighted by Gasteiger charge is 2.27. The Morgan fingerprint density at radius 3 is 2.73 bits per heavy atom. The Bertz CT molecular complexity index is 1030. The summed E-state index contributed by atoms with van der Waals surface area (Å²) >= 11 is 0. The van der Waals surface area contributed by atoms with Gasteiger partial charge in [0.15, 0.2) is 0 Å². The number of carbonyl (C=O) groups excluding carboxylic acids is 1. The first-order valence-corrected chi connectivity index (χ1v) is 13.2. The second-order valence-electron chi connectivity index (χ2n) is 10.1. The highest BCUT2D eigenvalue weighted by atomic mass is 16.3. The van der Waals surface area contributed by atoms with Crippen molar-refractivity contribution in [2.45, 2.75) is 84.0 Å². The van der Waals surface area contributed by atoms with Gasteiger partial charge in [0.2, 0.25) is 0 Å². The van der Waals surface area contributed by atoms with E-state index >= 15 is 0 Å². The predicted octanol–water partition coefficient (Wildman–Crippen LogP) is 6.41. The predicted molar refractivity (Wildman–Crippen MR) is 136 cm³/mol. The first kappa shape index (κ1) is 22.5. The van der Waals surface area contributed by atoms with Crippen molar-refractivity contribution in [1.82, 2.24) is 4.90 Å². The molecule has 1 aromatic carbocycles. The van der Waals surface area contributed by atoms with Crippen molar-refractivity contribution in [3.8, 4) is 0 Å². The smallest absolute Gasteiger partial charge is 0.256 e. The minimum atomic E-state index is -0.00735. The second kappa shape index (κ2) is 10.3. The molecule has 1 fully saturated rings. The van der Waals surface area contributed by atoms with Gasteiger partial charge in [-0.15, -0.1) is 0 Å². The monoisotopic (exact) mass is 446 g/mol. The third-order valence-electron chi connectivity index (χ3n) is 7.65. The maximum atomic E-state index is 12.9. The van der Waals surface area contributed by atoms with Crippen LogP contribution in [-0.4, -0.2) is 30.4 Å². The molecule has 0 radical (unpaired) electrons. The molecule has 0 unspecified atom stereocenters. The fraction of sp³-hybridized carbons (Fsp3) is 0.552. The Hall–Kier alpha value is -2.33. The number of amides is 1. The molecule has 3 heterocycles. The normalized spacial score (nSPS) is 19.5. The molecule has 0 bridgehead atoms. The summed E-state index contributed by atoms with van der Waals surface area (Å²) < 4.78 is 6.39. The largest absolute Gasteiger partial charge is 0.461 e. The van der Waals surface area contributed by atoms with Crippen molar-refractivity contribution in [3.05, 3.63) is 52.0 Å². The number of aryl methyl sites for hydroxylation is 1. The van der Waals surface area contributed by atoms with E-state index < -0.39 is 0 Å². The van der Waals surface area contributed by atoms with Crippen LogP contribution in [0.2, 0.25) is 0 Å². The molecule has 1 amide bonds. The van der Waals surface area contributed by atoms with E-state index in [0.29, 0.717) is 0 Å². The van der Waals surface area contributed by atoms with Gasteiger partial charge in [-0.2, -0.15) is 0 Å². The summed E-state index contributed by atoms with van der Waals surface area (Å²) in [5.41, 5.74) is 6.81. The lowest BCUT2D eigenvalue weighted by molar-refractivity contribution is -0.110. The van der Waals surface area contributed by atoms with E-state index in [2.05, 4.69) is 35.3 Å². The van der Waals surface area contributed by atoms with E-state index in [1.807, 2.05) is 6.08 Å². The maximum absolute atomic E-state index is 12.9. The molecule has 0 atom stereocenters. The fourth-order valence-corrected chi connectivity index (χ4v) is 5.73. The van der Waals surface area contributed by atoms with Crippen LogP contribution in [0.1, 0.15) is 92.1 Å². The summed E-state index contributed by atoms with van der Waals surface area (Å²) in [5, 5.41) is 3.07. The summed E-state index contributed by atoms with van der Waals surface area (Å²) in [5.74, 6) is 2.08. The average molecular weight is 447 g/mol. The van der Waals surface area contributed by atoms with E-state index in [-0.39, 0.29) is 5.91 Å². The number of nitrogens with zero attached hydrogens (tertiary/aromatic N) is 1. The van der Waals surface area contributed by atoms with Crippen LogP contribution in [0.15, 0.2) is 22.6 Å². The standard InChI is InChI=1S/C29H38N2O2/c1-2-3-5-10-23-22-11-6-7-12-27(22)33-28(23)20-25-24-19-21(13-14-26(24)30-29(25)32)15-18-31-16-8-4-9-17-31/h13-14,19-20H,2-12,15-18H2,1H3,(H,30,32). The van der Waals surface area contributed by atoms with Gasteiger partial charge in [0.25, 0.3) is 5.91 Å². The highest BCUT2D eigenvalue weighted by Crippen LogP contribution is 2.37. The summed E-state index contributed by atoms with van der Waals surface area (Å²) in [7, 11) is 0. The number of hydrogen-bond donors (Lipinski definition) is 1. The van der Waals surface area contributed by atoms with Crippen molar-refractivity contribution in [2.75, 3.05) is 25.0 Å². The lowest BCUT2D eigenvalue weighted by atomic mass is 9.91. The van der Waals surface area contributed by atoms with E-state index in [0.717, 1.165) is 60.6 Å². The van der Waals surface area contributed by atoms with Crippen molar-refractivity contribution in [3.63, 3.8) is 0 Å². The number of carbonyl (C=O) groups is 1. The number of anilines is 1. The van der Waals surface area contributed by atoms with Crippen molar-refractivity contribution in [2.24, 2.45) is 0 Å². The lowest BCUT2D eigenvalue weighted by Crippen LogP contribution is -2.31. The summed E-state index contributed by atoms with van der Waals surface area (Å²) in [6.45, 7) is 5.79. The minimum Gasteiger partial charge on any atom is -0.461 e. The molecular formula is C29H38N2O2. The van der Waals surface area contributed by atoms with Crippen LogP contribution in [0.25, 0.3) is 11.6 Å². The maximum Gasteiger partial charge on any atom is 0.256 e. The zero-order chi connectivity index (χ0) is 22.6. The van der Waals surface area contributed by atoms with Gasteiger partial charge in [-0.1, -0.05) is 32.3 Å².